The number of rotatable bonds is 8. The zero-order valence-electron chi connectivity index (χ0n) is 10.8. The minimum Gasteiger partial charge on any atom is -0.424 e. The van der Waals surface area contributed by atoms with Crippen LogP contribution in [-0.4, -0.2) is 23.5 Å². The van der Waals surface area contributed by atoms with Crippen LogP contribution in [-0.2, 0) is 0 Å². The zero-order valence-corrected chi connectivity index (χ0v) is 11.6. The third kappa shape index (κ3) is 3.95. The third-order valence-corrected chi connectivity index (χ3v) is 3.54. The highest BCUT2D eigenvalue weighted by Gasteiger charge is 2.02. The van der Waals surface area contributed by atoms with Gasteiger partial charge in [0.05, 0.1) is 0 Å². The minimum absolute atomic E-state index is 0.639. The number of thioether (sulfide) groups is 1. The van der Waals surface area contributed by atoms with Gasteiger partial charge in [-0.15, -0.1) is 0 Å². The number of oxazole rings is 1. The predicted molar refractivity (Wildman–Crippen MR) is 79.3 cm³/mol. The minimum atomic E-state index is 0.639. The lowest BCUT2D eigenvalue weighted by Gasteiger charge is -2.01. The Morgan fingerprint density at radius 2 is 2.00 bits per heavy atom. The maximum Gasteiger partial charge on any atom is 0.295 e. The van der Waals surface area contributed by atoms with E-state index in [0.29, 0.717) is 6.01 Å². The topological polar surface area (TPSA) is 38.1 Å². The van der Waals surface area contributed by atoms with E-state index in [4.69, 9.17) is 4.42 Å². The molecule has 4 heteroatoms. The van der Waals surface area contributed by atoms with Gasteiger partial charge in [-0.05, 0) is 37.0 Å². The van der Waals surface area contributed by atoms with E-state index in [1.165, 1.54) is 31.4 Å². The van der Waals surface area contributed by atoms with Gasteiger partial charge in [0.25, 0.3) is 6.01 Å². The van der Waals surface area contributed by atoms with Crippen LogP contribution in [0.4, 0.5) is 6.01 Å². The van der Waals surface area contributed by atoms with E-state index in [1.54, 1.807) is 0 Å². The Morgan fingerprint density at radius 1 is 1.17 bits per heavy atom. The van der Waals surface area contributed by atoms with Crippen LogP contribution in [0, 0.1) is 0 Å². The molecular weight excluding hydrogens is 244 g/mol. The molecule has 0 saturated heterocycles. The van der Waals surface area contributed by atoms with Crippen LogP contribution in [0.3, 0.4) is 0 Å². The predicted octanol–water partition coefficient (Wildman–Crippen LogP) is 4.16. The summed E-state index contributed by atoms with van der Waals surface area (Å²) >= 11 is 1.92. The van der Waals surface area contributed by atoms with E-state index in [1.807, 2.05) is 36.0 Å². The molecule has 1 aromatic heterocycles. The maximum atomic E-state index is 5.59. The Kier molecular flexibility index (Phi) is 5.39. The molecule has 0 spiro atoms. The first-order valence-corrected chi connectivity index (χ1v) is 7.88. The number of unbranched alkanes of at least 4 members (excludes halogenated alkanes) is 3. The Labute approximate surface area is 112 Å². The lowest BCUT2D eigenvalue weighted by Crippen LogP contribution is -2.01. The van der Waals surface area contributed by atoms with Gasteiger partial charge < -0.3 is 9.73 Å². The molecule has 0 atom stereocenters. The highest BCUT2D eigenvalue weighted by molar-refractivity contribution is 7.98. The smallest absolute Gasteiger partial charge is 0.295 e. The van der Waals surface area contributed by atoms with Crippen LogP contribution in [0.2, 0.25) is 0 Å². The second-order valence-corrected chi connectivity index (χ2v) is 5.31. The number of anilines is 1. The molecule has 1 N–H and O–H groups in total. The molecule has 18 heavy (non-hydrogen) atoms. The van der Waals surface area contributed by atoms with Gasteiger partial charge in [-0.25, -0.2) is 0 Å². The molecule has 0 aliphatic carbocycles. The van der Waals surface area contributed by atoms with Gasteiger partial charge in [0.15, 0.2) is 5.58 Å². The summed E-state index contributed by atoms with van der Waals surface area (Å²) in [5, 5.41) is 3.24. The molecule has 98 valence electrons. The van der Waals surface area contributed by atoms with Crippen LogP contribution in [0.15, 0.2) is 28.7 Å². The van der Waals surface area contributed by atoms with Crippen LogP contribution < -0.4 is 5.32 Å². The fraction of sp³-hybridized carbons (Fsp3) is 0.500. The van der Waals surface area contributed by atoms with E-state index in [0.717, 1.165) is 17.6 Å². The summed E-state index contributed by atoms with van der Waals surface area (Å²) in [4.78, 5) is 4.38. The van der Waals surface area contributed by atoms with Gasteiger partial charge in [0, 0.05) is 6.54 Å². The Balaban J connectivity index is 1.67. The molecule has 0 aliphatic heterocycles. The summed E-state index contributed by atoms with van der Waals surface area (Å²) in [6.07, 6.45) is 7.25. The van der Waals surface area contributed by atoms with Crippen molar-refractivity contribution in [3.8, 4) is 0 Å². The summed E-state index contributed by atoms with van der Waals surface area (Å²) < 4.78 is 5.59. The average molecular weight is 264 g/mol. The summed E-state index contributed by atoms with van der Waals surface area (Å²) in [6.45, 7) is 0.937. The van der Waals surface area contributed by atoms with Crippen molar-refractivity contribution in [3.63, 3.8) is 0 Å². The van der Waals surface area contributed by atoms with Crippen LogP contribution in [0.5, 0.6) is 0 Å². The van der Waals surface area contributed by atoms with Crippen molar-refractivity contribution in [1.82, 2.24) is 4.98 Å². The molecule has 1 heterocycles. The molecule has 0 bridgehead atoms. The van der Waals surface area contributed by atoms with Crippen molar-refractivity contribution in [1.29, 1.82) is 0 Å². The molecule has 2 aromatic rings. The summed E-state index contributed by atoms with van der Waals surface area (Å²) in [5.74, 6) is 1.28. The molecular formula is C14H20N2OS. The van der Waals surface area contributed by atoms with E-state index in [9.17, 15) is 0 Å². The number of nitrogens with one attached hydrogen (secondary N) is 1. The van der Waals surface area contributed by atoms with Gasteiger partial charge >= 0.3 is 0 Å². The van der Waals surface area contributed by atoms with Crippen molar-refractivity contribution in [2.24, 2.45) is 0 Å². The Morgan fingerprint density at radius 3 is 2.83 bits per heavy atom. The summed E-state index contributed by atoms with van der Waals surface area (Å²) in [5.41, 5.74) is 1.76. The lowest BCUT2D eigenvalue weighted by atomic mass is 10.2. The molecule has 0 radical (unpaired) electrons. The fourth-order valence-corrected chi connectivity index (χ4v) is 2.36. The molecule has 2 rings (SSSR count). The lowest BCUT2D eigenvalue weighted by molar-refractivity contribution is 0.606. The highest BCUT2D eigenvalue weighted by Crippen LogP contribution is 2.18. The number of hydrogen-bond donors (Lipinski definition) is 1. The van der Waals surface area contributed by atoms with Crippen molar-refractivity contribution < 1.29 is 4.42 Å². The number of para-hydroxylation sites is 2. The van der Waals surface area contributed by atoms with E-state index < -0.39 is 0 Å². The number of aromatic nitrogens is 1. The highest BCUT2D eigenvalue weighted by atomic mass is 32.2. The third-order valence-electron chi connectivity index (χ3n) is 2.85. The molecule has 0 amide bonds. The number of fused-ring (bicyclic) bond motifs is 1. The normalized spacial score (nSPS) is 10.9. The van der Waals surface area contributed by atoms with Crippen molar-refractivity contribution >= 4 is 28.9 Å². The monoisotopic (exact) mass is 264 g/mol. The first kappa shape index (κ1) is 13.3. The average Bonchev–Trinajstić information content (AvgIpc) is 2.80. The standard InChI is InChI=1S/C14H20N2OS/c1-18-11-7-3-2-6-10-15-14-16-12-8-4-5-9-13(12)17-14/h4-5,8-9H,2-3,6-7,10-11H2,1H3,(H,15,16). The Bertz CT molecular complexity index is 437. The second-order valence-electron chi connectivity index (χ2n) is 4.32. The van der Waals surface area contributed by atoms with Gasteiger partial charge in [-0.2, -0.15) is 16.7 Å². The van der Waals surface area contributed by atoms with Gasteiger partial charge in [-0.1, -0.05) is 25.0 Å². The van der Waals surface area contributed by atoms with Crippen LogP contribution in [0.25, 0.3) is 11.1 Å². The SMILES string of the molecule is CSCCCCCCNc1nc2ccccc2o1. The second kappa shape index (κ2) is 7.31. The zero-order chi connectivity index (χ0) is 12.6. The summed E-state index contributed by atoms with van der Waals surface area (Å²) in [6, 6.07) is 8.48. The molecule has 3 nitrogen and oxygen atoms in total. The van der Waals surface area contributed by atoms with Crippen LogP contribution in [0.1, 0.15) is 25.7 Å². The number of hydrogen-bond acceptors (Lipinski definition) is 4. The number of nitrogens with zero attached hydrogens (tertiary/aromatic N) is 1. The van der Waals surface area contributed by atoms with Crippen molar-refractivity contribution in [3.05, 3.63) is 24.3 Å². The first-order valence-electron chi connectivity index (χ1n) is 6.48. The fourth-order valence-electron chi connectivity index (χ4n) is 1.87. The van der Waals surface area contributed by atoms with E-state index in [2.05, 4.69) is 16.6 Å². The van der Waals surface area contributed by atoms with Crippen molar-refractivity contribution in [2.45, 2.75) is 25.7 Å². The summed E-state index contributed by atoms with van der Waals surface area (Å²) in [7, 11) is 0. The Hall–Kier alpha value is -1.16. The van der Waals surface area contributed by atoms with E-state index >= 15 is 0 Å². The largest absolute Gasteiger partial charge is 0.424 e. The molecule has 0 aliphatic rings. The maximum absolute atomic E-state index is 5.59. The molecule has 0 unspecified atom stereocenters. The molecule has 0 saturated carbocycles. The van der Waals surface area contributed by atoms with Gasteiger partial charge in [-0.3, -0.25) is 0 Å². The van der Waals surface area contributed by atoms with Gasteiger partial charge in [0.2, 0.25) is 0 Å². The quantitative estimate of drug-likeness (QED) is 0.726. The van der Waals surface area contributed by atoms with Crippen molar-refractivity contribution in [2.75, 3.05) is 23.9 Å². The number of benzene rings is 1. The molecule has 0 fully saturated rings. The molecule has 1 aromatic carbocycles. The first-order chi connectivity index (χ1) is 8.90. The van der Waals surface area contributed by atoms with Gasteiger partial charge in [0.1, 0.15) is 5.52 Å². The van der Waals surface area contributed by atoms with Crippen LogP contribution >= 0.6 is 11.8 Å². The van der Waals surface area contributed by atoms with E-state index in [-0.39, 0.29) is 0 Å².